The highest BCUT2D eigenvalue weighted by Crippen LogP contribution is 2.37. The molecule has 0 bridgehead atoms. The maximum atomic E-state index is 13.1. The van der Waals surface area contributed by atoms with E-state index in [1.54, 1.807) is 0 Å². The minimum atomic E-state index is -4.53. The third-order valence-electron chi connectivity index (χ3n) is 3.64. The van der Waals surface area contributed by atoms with Crippen molar-refractivity contribution in [3.63, 3.8) is 0 Å². The van der Waals surface area contributed by atoms with Crippen LogP contribution in [0.1, 0.15) is 46.1 Å². The molecular weight excluding hydrogens is 299 g/mol. The van der Waals surface area contributed by atoms with Crippen LogP contribution in [0.4, 0.5) is 13.2 Å². The van der Waals surface area contributed by atoms with E-state index < -0.39 is 17.8 Å². The van der Waals surface area contributed by atoms with Gasteiger partial charge in [0.2, 0.25) is 0 Å². The fourth-order valence-corrected chi connectivity index (χ4v) is 2.37. The molecule has 2 aromatic rings. The average Bonchev–Trinajstić information content (AvgIpc) is 2.95. The van der Waals surface area contributed by atoms with Gasteiger partial charge in [-0.3, -0.25) is 9.89 Å². The van der Waals surface area contributed by atoms with Gasteiger partial charge < -0.3 is 10.7 Å². The summed E-state index contributed by atoms with van der Waals surface area (Å²) in [5.41, 5.74) is 5.13. The SMILES string of the molecule is NC(=O)c1ncc(Cc2c(C(F)(F)F)n[nH]c2CC2CC2)[nH]1. The second-order valence-corrected chi connectivity index (χ2v) is 5.47. The van der Waals surface area contributed by atoms with Crippen molar-refractivity contribution < 1.29 is 18.0 Å². The summed E-state index contributed by atoms with van der Waals surface area (Å²) in [5, 5.41) is 5.94. The number of amides is 1. The Bertz CT molecular complexity index is 699. The predicted octanol–water partition coefficient (Wildman–Crippen LogP) is 1.79. The van der Waals surface area contributed by atoms with Gasteiger partial charge in [0.25, 0.3) is 5.91 Å². The summed E-state index contributed by atoms with van der Waals surface area (Å²) in [7, 11) is 0. The molecule has 6 nitrogen and oxygen atoms in total. The molecule has 3 rings (SSSR count). The number of nitrogens with two attached hydrogens (primary N) is 1. The van der Waals surface area contributed by atoms with E-state index in [4.69, 9.17) is 5.73 Å². The van der Waals surface area contributed by atoms with Gasteiger partial charge in [-0.2, -0.15) is 18.3 Å². The number of halogens is 3. The Morgan fingerprint density at radius 3 is 2.68 bits per heavy atom. The molecular formula is C13H14F3N5O. The number of carbonyl (C=O) groups excluding carboxylic acids is 1. The van der Waals surface area contributed by atoms with Gasteiger partial charge in [0.1, 0.15) is 0 Å². The van der Waals surface area contributed by atoms with Crippen LogP contribution in [0.25, 0.3) is 0 Å². The number of nitrogens with zero attached hydrogens (tertiary/aromatic N) is 2. The minimum absolute atomic E-state index is 0.0341. The summed E-state index contributed by atoms with van der Waals surface area (Å²) >= 11 is 0. The van der Waals surface area contributed by atoms with Crippen LogP contribution in [-0.2, 0) is 19.0 Å². The summed E-state index contributed by atoms with van der Waals surface area (Å²) in [6, 6.07) is 0. The smallest absolute Gasteiger partial charge is 0.363 e. The molecule has 1 aliphatic rings. The fraction of sp³-hybridized carbons (Fsp3) is 0.462. The Balaban J connectivity index is 1.91. The van der Waals surface area contributed by atoms with E-state index in [2.05, 4.69) is 20.2 Å². The number of hydrogen-bond acceptors (Lipinski definition) is 3. The van der Waals surface area contributed by atoms with Gasteiger partial charge in [0.15, 0.2) is 11.5 Å². The molecule has 4 N–H and O–H groups in total. The van der Waals surface area contributed by atoms with Crippen LogP contribution in [0.5, 0.6) is 0 Å². The molecule has 2 aromatic heterocycles. The first-order valence-electron chi connectivity index (χ1n) is 6.81. The van der Waals surface area contributed by atoms with Crippen LogP contribution in [0.15, 0.2) is 6.20 Å². The van der Waals surface area contributed by atoms with Gasteiger partial charge in [-0.05, 0) is 25.2 Å². The lowest BCUT2D eigenvalue weighted by molar-refractivity contribution is -0.141. The van der Waals surface area contributed by atoms with E-state index in [9.17, 15) is 18.0 Å². The van der Waals surface area contributed by atoms with Gasteiger partial charge in [-0.1, -0.05) is 0 Å². The maximum Gasteiger partial charge on any atom is 0.435 e. The summed E-state index contributed by atoms with van der Waals surface area (Å²) in [5.74, 6) is -0.410. The molecule has 22 heavy (non-hydrogen) atoms. The number of aromatic nitrogens is 4. The summed E-state index contributed by atoms with van der Waals surface area (Å²) in [4.78, 5) is 17.4. The highest BCUT2D eigenvalue weighted by Gasteiger charge is 2.38. The molecule has 1 saturated carbocycles. The van der Waals surface area contributed by atoms with Gasteiger partial charge in [-0.15, -0.1) is 0 Å². The topological polar surface area (TPSA) is 100 Å². The van der Waals surface area contributed by atoms with Crippen LogP contribution >= 0.6 is 0 Å². The van der Waals surface area contributed by atoms with Crippen LogP contribution < -0.4 is 5.73 Å². The summed E-state index contributed by atoms with van der Waals surface area (Å²) in [6.45, 7) is 0. The average molecular weight is 313 g/mol. The first-order chi connectivity index (χ1) is 10.3. The zero-order valence-electron chi connectivity index (χ0n) is 11.5. The van der Waals surface area contributed by atoms with Crippen molar-refractivity contribution in [2.45, 2.75) is 31.9 Å². The molecule has 1 amide bonds. The lowest BCUT2D eigenvalue weighted by atomic mass is 10.0. The highest BCUT2D eigenvalue weighted by molar-refractivity contribution is 5.88. The normalized spacial score (nSPS) is 15.2. The third-order valence-corrected chi connectivity index (χ3v) is 3.64. The number of aromatic amines is 2. The van der Waals surface area contributed by atoms with Gasteiger partial charge in [0, 0.05) is 29.6 Å². The van der Waals surface area contributed by atoms with Crippen molar-refractivity contribution >= 4 is 5.91 Å². The molecule has 0 unspecified atom stereocenters. The number of primary amides is 1. The van der Waals surface area contributed by atoms with E-state index in [0.717, 1.165) is 12.8 Å². The van der Waals surface area contributed by atoms with Crippen molar-refractivity contribution in [3.05, 3.63) is 34.7 Å². The van der Waals surface area contributed by atoms with E-state index in [1.165, 1.54) is 6.20 Å². The third kappa shape index (κ3) is 2.97. The summed E-state index contributed by atoms with van der Waals surface area (Å²) in [6.07, 6.45) is -0.650. The lowest BCUT2D eigenvalue weighted by Gasteiger charge is -2.07. The zero-order valence-corrected chi connectivity index (χ0v) is 11.5. The van der Waals surface area contributed by atoms with Crippen molar-refractivity contribution in [2.24, 2.45) is 11.7 Å². The van der Waals surface area contributed by atoms with Crippen LogP contribution in [0.3, 0.4) is 0 Å². The van der Waals surface area contributed by atoms with E-state index in [1.807, 2.05) is 0 Å². The monoisotopic (exact) mass is 313 g/mol. The van der Waals surface area contributed by atoms with Crippen LogP contribution in [0.2, 0.25) is 0 Å². The molecule has 2 heterocycles. The Morgan fingerprint density at radius 1 is 1.41 bits per heavy atom. The molecule has 9 heteroatoms. The first kappa shape index (κ1) is 14.6. The zero-order chi connectivity index (χ0) is 15.9. The number of carbonyl (C=O) groups is 1. The van der Waals surface area contributed by atoms with E-state index in [-0.39, 0.29) is 17.8 Å². The maximum absolute atomic E-state index is 13.1. The first-order valence-corrected chi connectivity index (χ1v) is 6.81. The summed E-state index contributed by atoms with van der Waals surface area (Å²) < 4.78 is 39.2. The molecule has 1 aliphatic carbocycles. The predicted molar refractivity (Wildman–Crippen MR) is 69.9 cm³/mol. The van der Waals surface area contributed by atoms with Crippen molar-refractivity contribution in [1.82, 2.24) is 20.2 Å². The number of imidazole rings is 1. The van der Waals surface area contributed by atoms with Crippen LogP contribution in [0, 0.1) is 5.92 Å². The molecule has 0 saturated heterocycles. The molecule has 0 aliphatic heterocycles. The van der Waals surface area contributed by atoms with Crippen molar-refractivity contribution in [2.75, 3.05) is 0 Å². The molecule has 0 atom stereocenters. The largest absolute Gasteiger partial charge is 0.435 e. The molecule has 1 fully saturated rings. The molecule has 118 valence electrons. The van der Waals surface area contributed by atoms with Crippen molar-refractivity contribution in [1.29, 1.82) is 0 Å². The molecule has 0 spiro atoms. The van der Waals surface area contributed by atoms with Crippen LogP contribution in [-0.4, -0.2) is 26.1 Å². The standard InChI is InChI=1S/C13H14F3N5O/c14-13(15,16)10-8(9(20-21-10)3-6-1-2-6)4-7-5-18-12(19-7)11(17)22/h5-6H,1-4H2,(H2,17,22)(H,18,19)(H,20,21). The number of rotatable bonds is 5. The Labute approximate surface area is 123 Å². The van der Waals surface area contributed by atoms with Gasteiger partial charge >= 0.3 is 6.18 Å². The fourth-order valence-electron chi connectivity index (χ4n) is 2.37. The van der Waals surface area contributed by atoms with Crippen molar-refractivity contribution in [3.8, 4) is 0 Å². The van der Waals surface area contributed by atoms with E-state index >= 15 is 0 Å². The Morgan fingerprint density at radius 2 is 2.14 bits per heavy atom. The molecule has 0 radical (unpaired) electrons. The number of nitrogens with one attached hydrogen (secondary N) is 2. The lowest BCUT2D eigenvalue weighted by Crippen LogP contribution is -2.13. The minimum Gasteiger partial charge on any atom is -0.363 e. The Kier molecular flexibility index (Phi) is 3.42. The van der Waals surface area contributed by atoms with Gasteiger partial charge in [-0.25, -0.2) is 4.98 Å². The number of hydrogen-bond donors (Lipinski definition) is 3. The highest BCUT2D eigenvalue weighted by atomic mass is 19.4. The van der Waals surface area contributed by atoms with E-state index in [0.29, 0.717) is 23.7 Å². The van der Waals surface area contributed by atoms with Gasteiger partial charge in [0.05, 0.1) is 0 Å². The Hall–Kier alpha value is -2.32. The molecule has 0 aromatic carbocycles. The number of alkyl halides is 3. The second-order valence-electron chi connectivity index (χ2n) is 5.47. The number of H-pyrrole nitrogens is 2. The quantitative estimate of drug-likeness (QED) is 0.784. The second kappa shape index (κ2) is 5.15.